The molecular formula is C6H6ClNO3S. The lowest BCUT2D eigenvalue weighted by atomic mass is 10.5. The monoisotopic (exact) mass is 207 g/mol. The molecule has 0 aliphatic heterocycles. The summed E-state index contributed by atoms with van der Waals surface area (Å²) in [5, 5.41) is -0.255. The van der Waals surface area contributed by atoms with Crippen LogP contribution in [0.15, 0.2) is 23.4 Å². The zero-order chi connectivity index (χ0) is 9.19. The Morgan fingerprint density at radius 1 is 1.58 bits per heavy atom. The molecule has 0 unspecified atom stereocenters. The van der Waals surface area contributed by atoms with E-state index in [0.717, 1.165) is 0 Å². The second-order valence-corrected chi connectivity index (χ2v) is 4.43. The van der Waals surface area contributed by atoms with Crippen LogP contribution >= 0.6 is 10.7 Å². The first kappa shape index (κ1) is 9.28. The Kier molecular flexibility index (Phi) is 2.54. The Morgan fingerprint density at radius 3 is 2.67 bits per heavy atom. The van der Waals surface area contributed by atoms with Crippen molar-refractivity contribution < 1.29 is 13.2 Å². The summed E-state index contributed by atoms with van der Waals surface area (Å²) >= 11 is 0. The molecule has 12 heavy (non-hydrogen) atoms. The summed E-state index contributed by atoms with van der Waals surface area (Å²) in [4.78, 5) is 3.58. The van der Waals surface area contributed by atoms with Crippen molar-refractivity contribution in [1.82, 2.24) is 4.98 Å². The third kappa shape index (κ3) is 1.86. The van der Waals surface area contributed by atoms with Gasteiger partial charge in [-0.15, -0.1) is 0 Å². The van der Waals surface area contributed by atoms with Crippen molar-refractivity contribution in [3.8, 4) is 5.75 Å². The molecule has 0 amide bonds. The van der Waals surface area contributed by atoms with Crippen LogP contribution in [-0.4, -0.2) is 20.5 Å². The van der Waals surface area contributed by atoms with Gasteiger partial charge in [0.2, 0.25) is 5.03 Å². The molecule has 0 bridgehead atoms. The molecule has 1 rings (SSSR count). The van der Waals surface area contributed by atoms with E-state index in [2.05, 4.69) is 4.98 Å². The summed E-state index contributed by atoms with van der Waals surface area (Å²) in [6.45, 7) is 0. The molecule has 0 aliphatic rings. The van der Waals surface area contributed by atoms with Crippen LogP contribution in [0.4, 0.5) is 0 Å². The second-order valence-electron chi connectivity index (χ2n) is 1.95. The van der Waals surface area contributed by atoms with Crippen molar-refractivity contribution in [2.45, 2.75) is 5.03 Å². The largest absolute Gasteiger partial charge is 0.494 e. The van der Waals surface area contributed by atoms with Crippen molar-refractivity contribution in [2.24, 2.45) is 0 Å². The molecule has 0 saturated carbocycles. The van der Waals surface area contributed by atoms with Gasteiger partial charge in [0, 0.05) is 16.9 Å². The first-order valence-electron chi connectivity index (χ1n) is 2.99. The van der Waals surface area contributed by atoms with Gasteiger partial charge in [0.1, 0.15) is 0 Å². The van der Waals surface area contributed by atoms with Crippen molar-refractivity contribution in [1.29, 1.82) is 0 Å². The van der Waals surface area contributed by atoms with Crippen LogP contribution in [0.25, 0.3) is 0 Å². The van der Waals surface area contributed by atoms with Gasteiger partial charge < -0.3 is 4.74 Å². The van der Waals surface area contributed by atoms with Crippen molar-refractivity contribution in [3.63, 3.8) is 0 Å². The fourth-order valence-electron chi connectivity index (χ4n) is 0.715. The average Bonchev–Trinajstić information content (AvgIpc) is 2.03. The van der Waals surface area contributed by atoms with Gasteiger partial charge in [-0.25, -0.2) is 13.4 Å². The minimum atomic E-state index is -3.81. The Labute approximate surface area is 74.6 Å². The number of aromatic nitrogens is 1. The van der Waals surface area contributed by atoms with Crippen LogP contribution in [-0.2, 0) is 9.05 Å². The van der Waals surface area contributed by atoms with Crippen LogP contribution in [0.5, 0.6) is 5.75 Å². The molecule has 0 saturated heterocycles. The third-order valence-electron chi connectivity index (χ3n) is 1.19. The highest BCUT2D eigenvalue weighted by Crippen LogP contribution is 2.22. The quantitative estimate of drug-likeness (QED) is 0.680. The van der Waals surface area contributed by atoms with Gasteiger partial charge in [-0.2, -0.15) is 0 Å². The maximum atomic E-state index is 10.8. The van der Waals surface area contributed by atoms with Crippen LogP contribution in [0.2, 0.25) is 0 Å². The molecule has 1 aromatic rings. The number of ether oxygens (including phenoxy) is 1. The molecule has 0 N–H and O–H groups in total. The zero-order valence-electron chi connectivity index (χ0n) is 6.19. The summed E-state index contributed by atoms with van der Waals surface area (Å²) < 4.78 is 26.4. The van der Waals surface area contributed by atoms with Crippen molar-refractivity contribution in [3.05, 3.63) is 18.3 Å². The molecule has 0 spiro atoms. The van der Waals surface area contributed by atoms with E-state index in [0.29, 0.717) is 0 Å². The zero-order valence-corrected chi connectivity index (χ0v) is 7.76. The first-order chi connectivity index (χ1) is 5.55. The van der Waals surface area contributed by atoms with Crippen molar-refractivity contribution >= 4 is 19.7 Å². The highest BCUT2D eigenvalue weighted by atomic mass is 35.7. The highest BCUT2D eigenvalue weighted by molar-refractivity contribution is 8.13. The summed E-state index contributed by atoms with van der Waals surface area (Å²) in [6, 6.07) is 3.03. The predicted molar refractivity (Wildman–Crippen MR) is 43.8 cm³/mol. The molecule has 1 aromatic heterocycles. The van der Waals surface area contributed by atoms with E-state index in [1.165, 1.54) is 19.4 Å². The predicted octanol–water partition coefficient (Wildman–Crippen LogP) is 1.02. The number of methoxy groups -OCH3 is 1. The van der Waals surface area contributed by atoms with E-state index in [-0.39, 0.29) is 10.8 Å². The lowest BCUT2D eigenvalue weighted by molar-refractivity contribution is 0.399. The number of halogens is 1. The SMILES string of the molecule is COc1cccnc1S(=O)(=O)Cl. The number of nitrogens with zero attached hydrogens (tertiary/aromatic N) is 1. The summed E-state index contributed by atoms with van der Waals surface area (Å²) in [5.74, 6) is 0.146. The fourth-order valence-corrected chi connectivity index (χ4v) is 1.64. The van der Waals surface area contributed by atoms with Crippen LogP contribution < -0.4 is 4.74 Å². The summed E-state index contributed by atoms with van der Waals surface area (Å²) in [6.07, 6.45) is 1.33. The molecular weight excluding hydrogens is 202 g/mol. The lowest BCUT2D eigenvalue weighted by Crippen LogP contribution is -1.98. The van der Waals surface area contributed by atoms with E-state index >= 15 is 0 Å². The fraction of sp³-hybridized carbons (Fsp3) is 0.167. The standard InChI is InChI=1S/C6H6ClNO3S/c1-11-5-3-2-4-8-6(5)12(7,9)10/h2-4H,1H3. The number of hydrogen-bond donors (Lipinski definition) is 0. The second kappa shape index (κ2) is 3.28. The Balaban J connectivity index is 3.33. The normalized spacial score (nSPS) is 11.2. The van der Waals surface area contributed by atoms with E-state index < -0.39 is 9.05 Å². The minimum absolute atomic E-state index is 0.146. The van der Waals surface area contributed by atoms with E-state index in [4.69, 9.17) is 15.4 Å². The van der Waals surface area contributed by atoms with Gasteiger partial charge in [0.05, 0.1) is 7.11 Å². The van der Waals surface area contributed by atoms with Gasteiger partial charge in [-0.05, 0) is 12.1 Å². The van der Waals surface area contributed by atoms with Crippen molar-refractivity contribution in [2.75, 3.05) is 7.11 Å². The lowest BCUT2D eigenvalue weighted by Gasteiger charge is -2.01. The van der Waals surface area contributed by atoms with Gasteiger partial charge in [-0.3, -0.25) is 0 Å². The van der Waals surface area contributed by atoms with Crippen LogP contribution in [0.3, 0.4) is 0 Å². The topological polar surface area (TPSA) is 56.3 Å². The molecule has 0 aromatic carbocycles. The average molecular weight is 208 g/mol. The number of rotatable bonds is 2. The molecule has 0 aliphatic carbocycles. The molecule has 66 valence electrons. The van der Waals surface area contributed by atoms with Crippen LogP contribution in [0.1, 0.15) is 0 Å². The third-order valence-corrected chi connectivity index (χ3v) is 2.39. The smallest absolute Gasteiger partial charge is 0.282 e. The molecule has 0 atom stereocenters. The van der Waals surface area contributed by atoms with Gasteiger partial charge >= 0.3 is 0 Å². The molecule has 0 fully saturated rings. The maximum Gasteiger partial charge on any atom is 0.282 e. The minimum Gasteiger partial charge on any atom is -0.494 e. The first-order valence-corrected chi connectivity index (χ1v) is 5.30. The number of pyridine rings is 1. The maximum absolute atomic E-state index is 10.8. The molecule has 6 heteroatoms. The van der Waals surface area contributed by atoms with E-state index in [9.17, 15) is 8.42 Å². The van der Waals surface area contributed by atoms with Gasteiger partial charge in [0.15, 0.2) is 5.75 Å². The van der Waals surface area contributed by atoms with E-state index in [1.54, 1.807) is 6.07 Å². The highest BCUT2D eigenvalue weighted by Gasteiger charge is 2.16. The summed E-state index contributed by atoms with van der Waals surface area (Å²) in [5.41, 5.74) is 0. The Morgan fingerprint density at radius 2 is 2.25 bits per heavy atom. The Hall–Kier alpha value is -0.810. The van der Waals surface area contributed by atoms with Gasteiger partial charge in [0.25, 0.3) is 9.05 Å². The van der Waals surface area contributed by atoms with Crippen LogP contribution in [0, 0.1) is 0 Å². The molecule has 1 heterocycles. The summed E-state index contributed by atoms with van der Waals surface area (Å²) in [7, 11) is 2.61. The Bertz CT molecular complexity index is 376. The molecule has 0 radical (unpaired) electrons. The van der Waals surface area contributed by atoms with E-state index in [1.807, 2.05) is 0 Å². The number of hydrogen-bond acceptors (Lipinski definition) is 4. The molecule has 4 nitrogen and oxygen atoms in total. The van der Waals surface area contributed by atoms with Gasteiger partial charge in [-0.1, -0.05) is 0 Å².